The molecule has 1 fully saturated rings. The molecule has 3 heterocycles. The van der Waals surface area contributed by atoms with Crippen LogP contribution in [0.1, 0.15) is 42.5 Å². The summed E-state index contributed by atoms with van der Waals surface area (Å²) >= 11 is 6.89. The third-order valence-corrected chi connectivity index (χ3v) is 10.7. The number of aromatic nitrogens is 1. The highest BCUT2D eigenvalue weighted by molar-refractivity contribution is 7.91. The molecule has 0 bridgehead atoms. The summed E-state index contributed by atoms with van der Waals surface area (Å²) in [5.41, 5.74) is 1.77. The van der Waals surface area contributed by atoms with Crippen molar-refractivity contribution in [1.82, 2.24) is 14.6 Å². The molecule has 0 spiro atoms. The predicted octanol–water partition coefficient (Wildman–Crippen LogP) is 7.12. The fourth-order valence-corrected chi connectivity index (χ4v) is 8.21. The van der Waals surface area contributed by atoms with Gasteiger partial charge >= 0.3 is 6.18 Å². The normalized spacial score (nSPS) is 16.6. The van der Waals surface area contributed by atoms with Gasteiger partial charge in [-0.05, 0) is 67.3 Å². The highest BCUT2D eigenvalue weighted by atomic mass is 35.5. The first-order valence-electron chi connectivity index (χ1n) is 13.5. The third kappa shape index (κ3) is 7.20. The SMILES string of the molecule is CC(Nc1cc(CNC(=O)[C@@H]2CCCN2S(=O)(=O)c2ccc(Cl)s2)cc(-c2ccc(C(F)(F)F)cc2)n1)c1ccccc1. The summed E-state index contributed by atoms with van der Waals surface area (Å²) in [6.07, 6.45) is -3.55. The summed E-state index contributed by atoms with van der Waals surface area (Å²) in [7, 11) is -3.89. The van der Waals surface area contributed by atoms with E-state index in [1.165, 1.54) is 28.6 Å². The van der Waals surface area contributed by atoms with Crippen LogP contribution in [0.5, 0.6) is 0 Å². The highest BCUT2D eigenvalue weighted by Gasteiger charge is 2.40. The molecule has 0 saturated carbocycles. The number of rotatable bonds is 9. The molecule has 1 aliphatic rings. The zero-order valence-electron chi connectivity index (χ0n) is 22.9. The Hall–Kier alpha value is -3.45. The first kappa shape index (κ1) is 31.0. The standard InChI is InChI=1S/C30H28ClF3N4O3S2/c1-19(21-6-3-2-4-7-21)36-27-17-20(16-24(37-27)22-9-11-23(12-10-22)30(32,33)34)18-35-29(39)25-8-5-15-38(25)43(40,41)28-14-13-26(31)42-28/h2-4,6-7,9-14,16-17,19,25H,5,8,15,18H2,1H3,(H,35,39)(H,36,37)/t19?,25-/m0/s1. The van der Waals surface area contributed by atoms with E-state index in [9.17, 15) is 26.4 Å². The zero-order valence-corrected chi connectivity index (χ0v) is 25.3. The lowest BCUT2D eigenvalue weighted by molar-refractivity contribution is -0.137. The Labute approximate surface area is 256 Å². The van der Waals surface area contributed by atoms with E-state index in [4.69, 9.17) is 11.6 Å². The number of hydrogen-bond donors (Lipinski definition) is 2. The fraction of sp³-hybridized carbons (Fsp3) is 0.267. The number of nitrogens with one attached hydrogen (secondary N) is 2. The van der Waals surface area contributed by atoms with Crippen molar-refractivity contribution in [1.29, 1.82) is 0 Å². The Bertz CT molecular complexity index is 1700. The molecule has 2 N–H and O–H groups in total. The monoisotopic (exact) mass is 648 g/mol. The third-order valence-electron chi connectivity index (χ3n) is 7.14. The van der Waals surface area contributed by atoms with E-state index in [2.05, 4.69) is 15.6 Å². The van der Waals surface area contributed by atoms with Crippen molar-refractivity contribution >= 4 is 44.7 Å². The van der Waals surface area contributed by atoms with Crippen LogP contribution in [0.25, 0.3) is 11.3 Å². The van der Waals surface area contributed by atoms with Crippen LogP contribution in [0.2, 0.25) is 4.34 Å². The maximum absolute atomic E-state index is 13.3. The van der Waals surface area contributed by atoms with Crippen LogP contribution in [0, 0.1) is 0 Å². The summed E-state index contributed by atoms with van der Waals surface area (Å²) in [6, 6.07) is 19.8. The van der Waals surface area contributed by atoms with Gasteiger partial charge in [0.1, 0.15) is 16.1 Å². The lowest BCUT2D eigenvalue weighted by Crippen LogP contribution is -2.45. The Morgan fingerprint density at radius 3 is 2.47 bits per heavy atom. The summed E-state index contributed by atoms with van der Waals surface area (Å²) < 4.78 is 67.5. The number of nitrogens with zero attached hydrogens (tertiary/aromatic N) is 2. The van der Waals surface area contributed by atoms with Crippen LogP contribution in [-0.2, 0) is 27.5 Å². The fourth-order valence-electron chi connectivity index (χ4n) is 4.94. The quantitative estimate of drug-likeness (QED) is 0.202. The number of benzene rings is 2. The van der Waals surface area contributed by atoms with Gasteiger partial charge in [-0.2, -0.15) is 17.5 Å². The van der Waals surface area contributed by atoms with Gasteiger partial charge in [-0.15, -0.1) is 11.3 Å². The Morgan fingerprint density at radius 1 is 1.09 bits per heavy atom. The summed E-state index contributed by atoms with van der Waals surface area (Å²) in [5, 5.41) is 6.18. The van der Waals surface area contributed by atoms with Crippen LogP contribution >= 0.6 is 22.9 Å². The van der Waals surface area contributed by atoms with Crippen LogP contribution in [0.4, 0.5) is 19.0 Å². The van der Waals surface area contributed by atoms with Crippen LogP contribution in [0.3, 0.4) is 0 Å². The average molecular weight is 649 g/mol. The van der Waals surface area contributed by atoms with Crippen molar-refractivity contribution in [2.24, 2.45) is 0 Å². The van der Waals surface area contributed by atoms with Gasteiger partial charge in [-0.1, -0.05) is 54.1 Å². The number of carbonyl (C=O) groups is 1. The molecule has 2 aromatic heterocycles. The summed E-state index contributed by atoms with van der Waals surface area (Å²) in [6.45, 7) is 2.23. The number of alkyl halides is 3. The van der Waals surface area contributed by atoms with Gasteiger partial charge in [0.25, 0.3) is 10.0 Å². The van der Waals surface area contributed by atoms with E-state index in [-0.39, 0.29) is 23.3 Å². The number of carbonyl (C=O) groups excluding carboxylic acids is 1. The van der Waals surface area contributed by atoms with Crippen molar-refractivity contribution in [2.45, 2.75) is 48.8 Å². The second kappa shape index (κ2) is 12.7. The Morgan fingerprint density at radius 2 is 1.81 bits per heavy atom. The van der Waals surface area contributed by atoms with Crippen LogP contribution in [0.15, 0.2) is 83.1 Å². The van der Waals surface area contributed by atoms with Crippen molar-refractivity contribution in [3.8, 4) is 11.3 Å². The van der Waals surface area contributed by atoms with E-state index >= 15 is 0 Å². The minimum Gasteiger partial charge on any atom is -0.364 e. The van der Waals surface area contributed by atoms with Gasteiger partial charge in [0.2, 0.25) is 5.91 Å². The molecule has 2 atom stereocenters. The lowest BCUT2D eigenvalue weighted by atomic mass is 10.1. The molecule has 13 heteroatoms. The molecule has 4 aromatic rings. The van der Waals surface area contributed by atoms with E-state index in [1.54, 1.807) is 12.1 Å². The van der Waals surface area contributed by atoms with Gasteiger partial charge in [-0.3, -0.25) is 4.79 Å². The number of sulfonamides is 1. The van der Waals surface area contributed by atoms with Crippen LogP contribution < -0.4 is 10.6 Å². The molecule has 1 unspecified atom stereocenters. The number of halogens is 4. The van der Waals surface area contributed by atoms with Gasteiger partial charge in [0.05, 0.1) is 15.6 Å². The minimum atomic E-state index is -4.46. The Balaban J connectivity index is 1.38. The first-order chi connectivity index (χ1) is 20.4. The number of thiophene rings is 1. The number of pyridine rings is 1. The summed E-state index contributed by atoms with van der Waals surface area (Å²) in [5.74, 6) is 0.0291. The van der Waals surface area contributed by atoms with Gasteiger partial charge in [0, 0.05) is 24.7 Å². The first-order valence-corrected chi connectivity index (χ1v) is 16.1. The largest absolute Gasteiger partial charge is 0.416 e. The summed E-state index contributed by atoms with van der Waals surface area (Å²) in [4.78, 5) is 17.9. The molecule has 1 amide bonds. The second-order valence-corrected chi connectivity index (χ2v) is 14.0. The van der Waals surface area contributed by atoms with Crippen LogP contribution in [-0.4, -0.2) is 36.2 Å². The molecule has 0 aliphatic carbocycles. The van der Waals surface area contributed by atoms with E-state index in [1.807, 2.05) is 37.3 Å². The molecule has 1 aliphatic heterocycles. The van der Waals surface area contributed by atoms with Crippen molar-refractivity contribution < 1.29 is 26.4 Å². The second-order valence-electron chi connectivity index (χ2n) is 10.1. The Kier molecular flexibility index (Phi) is 9.12. The highest BCUT2D eigenvalue weighted by Crippen LogP contribution is 2.33. The molecule has 0 radical (unpaired) electrons. The van der Waals surface area contributed by atoms with Crippen molar-refractivity contribution in [3.05, 3.63) is 99.9 Å². The lowest BCUT2D eigenvalue weighted by Gasteiger charge is -2.23. The smallest absolute Gasteiger partial charge is 0.364 e. The van der Waals surface area contributed by atoms with Gasteiger partial charge in [-0.25, -0.2) is 13.4 Å². The zero-order chi connectivity index (χ0) is 30.8. The number of anilines is 1. The molecule has 7 nitrogen and oxygen atoms in total. The minimum absolute atomic E-state index is 0.0542. The molecular weight excluding hydrogens is 621 g/mol. The van der Waals surface area contributed by atoms with Crippen molar-refractivity contribution in [2.75, 3.05) is 11.9 Å². The predicted molar refractivity (Wildman–Crippen MR) is 161 cm³/mol. The maximum atomic E-state index is 13.3. The molecule has 2 aromatic carbocycles. The molecule has 43 heavy (non-hydrogen) atoms. The van der Waals surface area contributed by atoms with E-state index < -0.39 is 33.7 Å². The number of hydrogen-bond acceptors (Lipinski definition) is 6. The average Bonchev–Trinajstić information content (AvgIpc) is 3.66. The van der Waals surface area contributed by atoms with Gasteiger partial charge in [0.15, 0.2) is 0 Å². The van der Waals surface area contributed by atoms with E-state index in [0.717, 1.165) is 29.0 Å². The van der Waals surface area contributed by atoms with Gasteiger partial charge < -0.3 is 10.6 Å². The molecule has 226 valence electrons. The molecule has 1 saturated heterocycles. The topological polar surface area (TPSA) is 91.4 Å². The maximum Gasteiger partial charge on any atom is 0.416 e. The van der Waals surface area contributed by atoms with Crippen molar-refractivity contribution in [3.63, 3.8) is 0 Å². The molecule has 5 rings (SSSR count). The molecular formula is C30H28ClF3N4O3S2. The number of amides is 1. The van der Waals surface area contributed by atoms with E-state index in [0.29, 0.717) is 39.8 Å².